The van der Waals surface area contributed by atoms with Crippen molar-refractivity contribution in [2.45, 2.75) is 19.3 Å². The van der Waals surface area contributed by atoms with Crippen molar-refractivity contribution in [2.24, 2.45) is 0 Å². The van der Waals surface area contributed by atoms with Crippen molar-refractivity contribution in [1.29, 1.82) is 0 Å². The molecule has 0 unspecified atom stereocenters. The van der Waals surface area contributed by atoms with E-state index in [4.69, 9.17) is 9.47 Å². The SMILES string of the molecule is COc1cc(OC)c(F)c(-c2ccc(F)c3c2CCC3)c1F. The van der Waals surface area contributed by atoms with Crippen molar-refractivity contribution in [3.05, 3.63) is 46.8 Å². The molecule has 0 saturated heterocycles. The molecule has 0 saturated carbocycles. The van der Waals surface area contributed by atoms with Gasteiger partial charge in [-0.1, -0.05) is 6.07 Å². The van der Waals surface area contributed by atoms with Crippen LogP contribution in [0.2, 0.25) is 0 Å². The molecule has 0 bridgehead atoms. The van der Waals surface area contributed by atoms with E-state index in [0.29, 0.717) is 29.5 Å². The molecular weight excluding hydrogens is 293 g/mol. The monoisotopic (exact) mass is 308 g/mol. The highest BCUT2D eigenvalue weighted by atomic mass is 19.1. The van der Waals surface area contributed by atoms with Crippen LogP contribution in [0.3, 0.4) is 0 Å². The van der Waals surface area contributed by atoms with E-state index in [0.717, 1.165) is 12.5 Å². The third kappa shape index (κ3) is 2.12. The molecule has 22 heavy (non-hydrogen) atoms. The summed E-state index contributed by atoms with van der Waals surface area (Å²) in [5.41, 5.74) is 1.33. The molecule has 0 aromatic heterocycles. The van der Waals surface area contributed by atoms with Crippen LogP contribution < -0.4 is 9.47 Å². The highest BCUT2D eigenvalue weighted by molar-refractivity contribution is 5.74. The minimum atomic E-state index is -0.804. The van der Waals surface area contributed by atoms with Crippen molar-refractivity contribution in [2.75, 3.05) is 14.2 Å². The fourth-order valence-corrected chi connectivity index (χ4v) is 3.02. The van der Waals surface area contributed by atoms with E-state index < -0.39 is 11.6 Å². The highest BCUT2D eigenvalue weighted by Gasteiger charge is 2.26. The Balaban J connectivity index is 2.32. The van der Waals surface area contributed by atoms with Gasteiger partial charge in [-0.25, -0.2) is 13.2 Å². The van der Waals surface area contributed by atoms with E-state index in [1.807, 2.05) is 0 Å². The Bertz CT molecular complexity index is 713. The largest absolute Gasteiger partial charge is 0.494 e. The summed E-state index contributed by atoms with van der Waals surface area (Å²) in [5, 5.41) is 0. The number of hydrogen-bond acceptors (Lipinski definition) is 2. The van der Waals surface area contributed by atoms with Gasteiger partial charge in [-0.3, -0.25) is 0 Å². The average molecular weight is 308 g/mol. The second-order valence-corrected chi connectivity index (χ2v) is 5.19. The smallest absolute Gasteiger partial charge is 0.176 e. The zero-order valence-electron chi connectivity index (χ0n) is 12.3. The van der Waals surface area contributed by atoms with Crippen LogP contribution in [0.15, 0.2) is 18.2 Å². The minimum absolute atomic E-state index is 0.107. The van der Waals surface area contributed by atoms with E-state index in [9.17, 15) is 13.2 Å². The van der Waals surface area contributed by atoms with Crippen molar-refractivity contribution in [3.63, 3.8) is 0 Å². The van der Waals surface area contributed by atoms with Crippen LogP contribution in [0.5, 0.6) is 11.5 Å². The standard InChI is InChI=1S/C17H15F3O2/c1-21-13-8-14(22-2)17(20)15(16(13)19)11-6-7-12(18)10-5-3-4-9(10)11/h6-8H,3-5H2,1-2H3. The predicted octanol–water partition coefficient (Wildman–Crippen LogP) is 4.28. The van der Waals surface area contributed by atoms with Crippen molar-refractivity contribution in [1.82, 2.24) is 0 Å². The molecule has 0 fully saturated rings. The molecule has 2 aromatic rings. The van der Waals surface area contributed by atoms with Crippen LogP contribution in [-0.4, -0.2) is 14.2 Å². The topological polar surface area (TPSA) is 18.5 Å². The maximum absolute atomic E-state index is 14.6. The Hall–Kier alpha value is -2.17. The Morgan fingerprint density at radius 1 is 0.864 bits per heavy atom. The Morgan fingerprint density at radius 2 is 1.45 bits per heavy atom. The number of ether oxygens (including phenoxy) is 2. The molecule has 0 N–H and O–H groups in total. The van der Waals surface area contributed by atoms with Crippen LogP contribution in [0, 0.1) is 17.5 Å². The van der Waals surface area contributed by atoms with E-state index >= 15 is 0 Å². The summed E-state index contributed by atoms with van der Waals surface area (Å²) in [4.78, 5) is 0. The molecule has 3 rings (SSSR count). The van der Waals surface area contributed by atoms with Crippen molar-refractivity contribution in [3.8, 4) is 22.6 Å². The lowest BCUT2D eigenvalue weighted by atomic mass is 9.95. The van der Waals surface area contributed by atoms with Crippen LogP contribution in [0.25, 0.3) is 11.1 Å². The molecule has 1 aliphatic carbocycles. The Morgan fingerprint density at radius 3 is 2.05 bits per heavy atom. The van der Waals surface area contributed by atoms with Gasteiger partial charge in [-0.15, -0.1) is 0 Å². The van der Waals surface area contributed by atoms with Gasteiger partial charge in [-0.2, -0.15) is 0 Å². The average Bonchev–Trinajstić information content (AvgIpc) is 3.00. The number of methoxy groups -OCH3 is 2. The molecule has 5 heteroatoms. The molecule has 0 radical (unpaired) electrons. The van der Waals surface area contributed by atoms with E-state index in [2.05, 4.69) is 0 Å². The number of fused-ring (bicyclic) bond motifs is 1. The second kappa shape index (κ2) is 5.55. The van der Waals surface area contributed by atoms with Gasteiger partial charge in [0.25, 0.3) is 0 Å². The molecule has 0 amide bonds. The predicted molar refractivity (Wildman–Crippen MR) is 76.9 cm³/mol. The quantitative estimate of drug-likeness (QED) is 0.843. The Kier molecular flexibility index (Phi) is 3.72. The zero-order valence-corrected chi connectivity index (χ0v) is 12.3. The molecule has 0 heterocycles. The van der Waals surface area contributed by atoms with Crippen LogP contribution >= 0.6 is 0 Å². The zero-order chi connectivity index (χ0) is 15.9. The summed E-state index contributed by atoms with van der Waals surface area (Å²) in [6.07, 6.45) is 1.95. The summed E-state index contributed by atoms with van der Waals surface area (Å²) < 4.78 is 52.9. The van der Waals surface area contributed by atoms with Gasteiger partial charge in [0.1, 0.15) is 5.82 Å². The minimum Gasteiger partial charge on any atom is -0.494 e. The summed E-state index contributed by atoms with van der Waals surface area (Å²) >= 11 is 0. The van der Waals surface area contributed by atoms with E-state index in [-0.39, 0.29) is 22.9 Å². The summed E-state index contributed by atoms with van der Waals surface area (Å²) in [6.45, 7) is 0. The van der Waals surface area contributed by atoms with Crippen LogP contribution in [-0.2, 0) is 12.8 Å². The van der Waals surface area contributed by atoms with Crippen molar-refractivity contribution >= 4 is 0 Å². The summed E-state index contributed by atoms with van der Waals surface area (Å²) in [7, 11) is 2.60. The number of benzene rings is 2. The van der Waals surface area contributed by atoms with Gasteiger partial charge in [0.2, 0.25) is 0 Å². The summed E-state index contributed by atoms with van der Waals surface area (Å²) in [6, 6.07) is 3.84. The first-order chi connectivity index (χ1) is 10.6. The normalized spacial score (nSPS) is 13.1. The molecule has 0 spiro atoms. The lowest BCUT2D eigenvalue weighted by molar-refractivity contribution is 0.359. The van der Waals surface area contributed by atoms with E-state index in [1.54, 1.807) is 0 Å². The number of hydrogen-bond donors (Lipinski definition) is 0. The lowest BCUT2D eigenvalue weighted by Crippen LogP contribution is -2.02. The molecule has 2 nitrogen and oxygen atoms in total. The molecular formula is C17H15F3O2. The van der Waals surface area contributed by atoms with Gasteiger partial charge in [-0.05, 0) is 42.0 Å². The van der Waals surface area contributed by atoms with Gasteiger partial charge in [0.15, 0.2) is 23.1 Å². The molecule has 0 atom stereocenters. The van der Waals surface area contributed by atoms with Gasteiger partial charge in [0, 0.05) is 6.07 Å². The third-order valence-corrected chi connectivity index (χ3v) is 4.07. The highest BCUT2D eigenvalue weighted by Crippen LogP contribution is 2.41. The molecule has 1 aliphatic rings. The lowest BCUT2D eigenvalue weighted by Gasteiger charge is -2.15. The maximum atomic E-state index is 14.6. The summed E-state index contributed by atoms with van der Waals surface area (Å²) in [5.74, 6) is -2.15. The first-order valence-corrected chi connectivity index (χ1v) is 6.99. The first-order valence-electron chi connectivity index (χ1n) is 6.99. The second-order valence-electron chi connectivity index (χ2n) is 5.19. The van der Waals surface area contributed by atoms with Crippen molar-refractivity contribution < 1.29 is 22.6 Å². The van der Waals surface area contributed by atoms with Crippen LogP contribution in [0.4, 0.5) is 13.2 Å². The molecule has 0 aliphatic heterocycles. The fraction of sp³-hybridized carbons (Fsp3) is 0.294. The maximum Gasteiger partial charge on any atom is 0.176 e. The number of rotatable bonds is 3. The fourth-order valence-electron chi connectivity index (χ4n) is 3.02. The van der Waals surface area contributed by atoms with Gasteiger partial charge in [0.05, 0.1) is 19.8 Å². The van der Waals surface area contributed by atoms with Gasteiger partial charge < -0.3 is 9.47 Å². The molecule has 2 aromatic carbocycles. The number of halogens is 3. The van der Waals surface area contributed by atoms with E-state index in [1.165, 1.54) is 26.4 Å². The Labute approximate surface area is 126 Å². The van der Waals surface area contributed by atoms with Gasteiger partial charge >= 0.3 is 0 Å². The first kappa shape index (κ1) is 14.8. The molecule has 116 valence electrons. The van der Waals surface area contributed by atoms with Crippen LogP contribution in [0.1, 0.15) is 17.5 Å². The third-order valence-electron chi connectivity index (χ3n) is 4.07.